The number of pyridine rings is 1. The third-order valence-electron chi connectivity index (χ3n) is 3.72. The molecule has 122 valence electrons. The number of nitrogens with zero attached hydrogens (tertiary/aromatic N) is 1. The minimum atomic E-state index is -0.189. The maximum Gasteiger partial charge on any atom is 0.258 e. The Balaban J connectivity index is 1.66. The summed E-state index contributed by atoms with van der Waals surface area (Å²) in [5, 5.41) is 4.32. The molecule has 4 nitrogen and oxygen atoms in total. The third kappa shape index (κ3) is 3.66. The fraction of sp³-hybridized carbons (Fsp3) is 0.158. The highest BCUT2D eigenvalue weighted by Gasteiger charge is 2.12. The van der Waals surface area contributed by atoms with Crippen molar-refractivity contribution in [3.63, 3.8) is 0 Å². The maximum absolute atomic E-state index is 12.1. The van der Waals surface area contributed by atoms with Crippen LogP contribution >= 0.6 is 11.6 Å². The molecule has 1 aromatic heterocycles. The van der Waals surface area contributed by atoms with Crippen LogP contribution in [-0.2, 0) is 4.79 Å². The number of ether oxygens (including phenoxy) is 1. The molecule has 1 N–H and O–H groups in total. The van der Waals surface area contributed by atoms with Crippen LogP contribution in [0.1, 0.15) is 18.5 Å². The van der Waals surface area contributed by atoms with Crippen molar-refractivity contribution in [2.24, 2.45) is 0 Å². The van der Waals surface area contributed by atoms with Gasteiger partial charge in [0.05, 0.1) is 11.1 Å². The van der Waals surface area contributed by atoms with Crippen LogP contribution in [0.4, 0.5) is 0 Å². The van der Waals surface area contributed by atoms with Gasteiger partial charge >= 0.3 is 0 Å². The van der Waals surface area contributed by atoms with Crippen molar-refractivity contribution in [2.45, 2.75) is 13.0 Å². The van der Waals surface area contributed by atoms with E-state index in [1.807, 2.05) is 49.4 Å². The van der Waals surface area contributed by atoms with Gasteiger partial charge in [-0.3, -0.25) is 9.78 Å². The van der Waals surface area contributed by atoms with Gasteiger partial charge in [0.2, 0.25) is 0 Å². The van der Waals surface area contributed by atoms with Crippen molar-refractivity contribution in [3.8, 4) is 5.75 Å². The number of carbonyl (C=O) groups is 1. The van der Waals surface area contributed by atoms with Gasteiger partial charge in [-0.25, -0.2) is 0 Å². The fourth-order valence-electron chi connectivity index (χ4n) is 2.48. The summed E-state index contributed by atoms with van der Waals surface area (Å²) < 4.78 is 5.64. The van der Waals surface area contributed by atoms with Crippen molar-refractivity contribution in [2.75, 3.05) is 6.61 Å². The molecular weight excluding hydrogens is 324 g/mol. The monoisotopic (exact) mass is 340 g/mol. The molecule has 2 aromatic carbocycles. The molecule has 3 rings (SSSR count). The lowest BCUT2D eigenvalue weighted by molar-refractivity contribution is -0.123. The average molecular weight is 341 g/mol. The molecule has 0 bridgehead atoms. The lowest BCUT2D eigenvalue weighted by Crippen LogP contribution is -2.31. The molecule has 1 heterocycles. The van der Waals surface area contributed by atoms with Crippen molar-refractivity contribution < 1.29 is 9.53 Å². The second-order valence-electron chi connectivity index (χ2n) is 5.43. The number of nitrogens with one attached hydrogen (secondary N) is 1. The zero-order chi connectivity index (χ0) is 16.9. The van der Waals surface area contributed by atoms with Crippen molar-refractivity contribution in [1.29, 1.82) is 0 Å². The molecule has 0 aliphatic carbocycles. The first-order valence-corrected chi connectivity index (χ1v) is 8.03. The second-order valence-corrected chi connectivity index (χ2v) is 5.84. The number of hydrogen-bond donors (Lipinski definition) is 1. The van der Waals surface area contributed by atoms with E-state index in [1.54, 1.807) is 18.3 Å². The van der Waals surface area contributed by atoms with Crippen LogP contribution in [0, 0.1) is 0 Å². The van der Waals surface area contributed by atoms with Gasteiger partial charge in [0, 0.05) is 11.6 Å². The van der Waals surface area contributed by atoms with E-state index in [9.17, 15) is 4.79 Å². The predicted molar refractivity (Wildman–Crippen MR) is 95.2 cm³/mol. The highest BCUT2D eigenvalue weighted by Crippen LogP contribution is 2.29. The molecule has 0 fully saturated rings. The van der Waals surface area contributed by atoms with Gasteiger partial charge in [-0.15, -0.1) is 0 Å². The van der Waals surface area contributed by atoms with Crippen molar-refractivity contribution >= 4 is 28.4 Å². The summed E-state index contributed by atoms with van der Waals surface area (Å²) in [7, 11) is 0. The molecule has 0 saturated heterocycles. The highest BCUT2D eigenvalue weighted by molar-refractivity contribution is 6.35. The third-order valence-corrected chi connectivity index (χ3v) is 4.04. The summed E-state index contributed by atoms with van der Waals surface area (Å²) in [5.41, 5.74) is 1.69. The fourth-order valence-corrected chi connectivity index (χ4v) is 2.70. The number of hydrogen-bond acceptors (Lipinski definition) is 3. The first-order chi connectivity index (χ1) is 11.6. The number of carbonyl (C=O) groups excluding carboxylic acids is 1. The normalized spacial score (nSPS) is 11.9. The van der Waals surface area contributed by atoms with Crippen LogP contribution in [0.15, 0.2) is 60.8 Å². The number of benzene rings is 2. The van der Waals surface area contributed by atoms with Crippen molar-refractivity contribution in [3.05, 3.63) is 71.4 Å². The van der Waals surface area contributed by atoms with E-state index < -0.39 is 0 Å². The first-order valence-electron chi connectivity index (χ1n) is 7.65. The summed E-state index contributed by atoms with van der Waals surface area (Å²) in [6.45, 7) is 1.86. The largest absolute Gasteiger partial charge is 0.481 e. The summed E-state index contributed by atoms with van der Waals surface area (Å²) >= 11 is 6.15. The van der Waals surface area contributed by atoms with Crippen molar-refractivity contribution in [1.82, 2.24) is 10.3 Å². The lowest BCUT2D eigenvalue weighted by Gasteiger charge is -2.15. The molecule has 5 heteroatoms. The van der Waals surface area contributed by atoms with E-state index in [2.05, 4.69) is 10.3 Å². The molecule has 0 spiro atoms. The first kappa shape index (κ1) is 16.3. The topological polar surface area (TPSA) is 51.2 Å². The van der Waals surface area contributed by atoms with Crippen LogP contribution in [0.5, 0.6) is 5.75 Å². The number of aromatic nitrogens is 1. The molecule has 24 heavy (non-hydrogen) atoms. The smallest absolute Gasteiger partial charge is 0.258 e. The SMILES string of the molecule is C[C@H](NC(=O)COc1ccc(Cl)c2cccnc12)c1ccccc1. The highest BCUT2D eigenvalue weighted by atomic mass is 35.5. The Morgan fingerprint density at radius 3 is 2.75 bits per heavy atom. The Morgan fingerprint density at radius 1 is 1.17 bits per heavy atom. The van der Waals surface area contributed by atoms with Gasteiger partial charge in [0.15, 0.2) is 6.61 Å². The Bertz CT molecular complexity index is 852. The van der Waals surface area contributed by atoms with Gasteiger partial charge in [-0.05, 0) is 36.8 Å². The number of amides is 1. The average Bonchev–Trinajstić information content (AvgIpc) is 2.62. The van der Waals surface area contributed by atoms with E-state index in [1.165, 1.54) is 0 Å². The molecule has 0 aliphatic rings. The van der Waals surface area contributed by atoms with E-state index in [-0.39, 0.29) is 18.6 Å². The van der Waals surface area contributed by atoms with Gasteiger partial charge in [0.25, 0.3) is 5.91 Å². The summed E-state index contributed by atoms with van der Waals surface area (Å²) in [5.74, 6) is 0.350. The summed E-state index contributed by atoms with van der Waals surface area (Å²) in [4.78, 5) is 16.4. The van der Waals surface area contributed by atoms with E-state index in [0.29, 0.717) is 16.3 Å². The quantitative estimate of drug-likeness (QED) is 0.759. The van der Waals surface area contributed by atoms with Crippen LogP contribution in [-0.4, -0.2) is 17.5 Å². The summed E-state index contributed by atoms with van der Waals surface area (Å²) in [6, 6.07) is 16.9. The van der Waals surface area contributed by atoms with E-state index in [4.69, 9.17) is 16.3 Å². The van der Waals surface area contributed by atoms with Crippen LogP contribution in [0.3, 0.4) is 0 Å². The minimum Gasteiger partial charge on any atom is -0.481 e. The predicted octanol–water partition coefficient (Wildman–Crippen LogP) is 4.14. The number of fused-ring (bicyclic) bond motifs is 1. The van der Waals surface area contributed by atoms with Crippen LogP contribution < -0.4 is 10.1 Å². The number of halogens is 1. The molecule has 0 aliphatic heterocycles. The molecule has 1 amide bonds. The second kappa shape index (κ2) is 7.32. The van der Waals surface area contributed by atoms with Gasteiger partial charge in [0.1, 0.15) is 11.3 Å². The molecule has 3 aromatic rings. The summed E-state index contributed by atoms with van der Waals surface area (Å²) in [6.07, 6.45) is 1.67. The van der Waals surface area contributed by atoms with Gasteiger partial charge in [-0.2, -0.15) is 0 Å². The van der Waals surface area contributed by atoms with E-state index in [0.717, 1.165) is 10.9 Å². The maximum atomic E-state index is 12.1. The Hall–Kier alpha value is -2.59. The Kier molecular flexibility index (Phi) is 4.96. The van der Waals surface area contributed by atoms with E-state index >= 15 is 0 Å². The molecular formula is C19H17ClN2O2. The Labute approximate surface area is 145 Å². The van der Waals surface area contributed by atoms with Gasteiger partial charge < -0.3 is 10.1 Å². The van der Waals surface area contributed by atoms with Crippen LogP contribution in [0.25, 0.3) is 10.9 Å². The van der Waals surface area contributed by atoms with Crippen LogP contribution in [0.2, 0.25) is 5.02 Å². The molecule has 0 saturated carbocycles. The zero-order valence-corrected chi connectivity index (χ0v) is 14.0. The molecule has 0 unspecified atom stereocenters. The number of rotatable bonds is 5. The lowest BCUT2D eigenvalue weighted by atomic mass is 10.1. The van der Waals surface area contributed by atoms with Gasteiger partial charge in [-0.1, -0.05) is 41.9 Å². The Morgan fingerprint density at radius 2 is 1.96 bits per heavy atom. The zero-order valence-electron chi connectivity index (χ0n) is 13.2. The molecule has 0 radical (unpaired) electrons. The standard InChI is InChI=1S/C19H17ClN2O2/c1-13(14-6-3-2-4-7-14)22-18(23)12-24-17-10-9-16(20)15-8-5-11-21-19(15)17/h2-11,13H,12H2,1H3,(H,22,23)/t13-/m0/s1. The molecule has 1 atom stereocenters. The minimum absolute atomic E-state index is 0.0789.